The fourth-order valence-electron chi connectivity index (χ4n) is 3.16. The van der Waals surface area contributed by atoms with Crippen LogP contribution in [-0.4, -0.2) is 47.3 Å². The lowest BCUT2D eigenvalue weighted by Crippen LogP contribution is -2.34. The van der Waals surface area contributed by atoms with Crippen molar-refractivity contribution in [1.29, 1.82) is 0 Å². The molecule has 2 aromatic carbocycles. The lowest BCUT2D eigenvalue weighted by molar-refractivity contribution is 0.0710. The zero-order chi connectivity index (χ0) is 16.2. The summed E-state index contributed by atoms with van der Waals surface area (Å²) in [5.74, 6) is -0.0914. The fourth-order valence-corrected chi connectivity index (χ4v) is 3.16. The van der Waals surface area contributed by atoms with Gasteiger partial charge in [-0.2, -0.15) is 0 Å². The first-order valence-corrected chi connectivity index (χ1v) is 7.97. The molecule has 1 amide bonds. The van der Waals surface area contributed by atoms with Gasteiger partial charge in [-0.15, -0.1) is 0 Å². The Morgan fingerprint density at radius 2 is 1.74 bits per heavy atom. The molecule has 120 valence electrons. The molecule has 1 aliphatic rings. The van der Waals surface area contributed by atoms with Crippen molar-refractivity contribution >= 4 is 5.91 Å². The largest absolute Gasteiger partial charge is 0.396 e. The molecular weight excluding hydrogens is 290 g/mol. The molecule has 23 heavy (non-hydrogen) atoms. The highest BCUT2D eigenvalue weighted by Crippen LogP contribution is 2.36. The number of nitrogens with zero attached hydrogens (tertiary/aromatic N) is 1. The number of carbonyl (C=O) groups is 1. The topological polar surface area (TPSA) is 60.8 Å². The van der Waals surface area contributed by atoms with Crippen LogP contribution in [0.5, 0.6) is 0 Å². The predicted octanol–water partition coefficient (Wildman–Crippen LogP) is 2.07. The zero-order valence-electron chi connectivity index (χ0n) is 13.0. The molecule has 2 aromatic rings. The second kappa shape index (κ2) is 6.94. The van der Waals surface area contributed by atoms with Gasteiger partial charge in [0.1, 0.15) is 0 Å². The lowest BCUT2D eigenvalue weighted by Gasteiger charge is -2.21. The standard InChI is InChI=1S/C19H21NO3/c21-10-3-8-20(9-11-22)19(23)15-6-7-18-16(13-15)12-14-4-1-2-5-17(14)18/h1-2,4-7,13,21-22H,3,8-12H2. The van der Waals surface area contributed by atoms with Crippen molar-refractivity contribution in [2.75, 3.05) is 26.3 Å². The Morgan fingerprint density at radius 3 is 2.52 bits per heavy atom. The number of carbonyl (C=O) groups excluding carboxylic acids is 1. The molecule has 0 saturated carbocycles. The summed E-state index contributed by atoms with van der Waals surface area (Å²) in [5.41, 5.74) is 5.54. The van der Waals surface area contributed by atoms with Crippen molar-refractivity contribution < 1.29 is 15.0 Å². The Hall–Kier alpha value is -2.17. The molecule has 0 fully saturated rings. The second-order valence-electron chi connectivity index (χ2n) is 5.80. The van der Waals surface area contributed by atoms with Crippen molar-refractivity contribution in [1.82, 2.24) is 4.90 Å². The van der Waals surface area contributed by atoms with Crippen molar-refractivity contribution in [2.24, 2.45) is 0 Å². The Balaban J connectivity index is 1.84. The zero-order valence-corrected chi connectivity index (χ0v) is 13.0. The number of benzene rings is 2. The van der Waals surface area contributed by atoms with E-state index in [2.05, 4.69) is 12.1 Å². The normalized spacial score (nSPS) is 11.9. The van der Waals surface area contributed by atoms with E-state index in [-0.39, 0.29) is 25.7 Å². The van der Waals surface area contributed by atoms with Crippen LogP contribution in [0.2, 0.25) is 0 Å². The number of amides is 1. The van der Waals surface area contributed by atoms with E-state index in [4.69, 9.17) is 10.2 Å². The highest BCUT2D eigenvalue weighted by atomic mass is 16.3. The summed E-state index contributed by atoms with van der Waals surface area (Å²) in [7, 11) is 0. The maximum absolute atomic E-state index is 12.6. The Labute approximate surface area is 136 Å². The molecule has 0 heterocycles. The number of fused-ring (bicyclic) bond motifs is 3. The third kappa shape index (κ3) is 3.14. The summed E-state index contributed by atoms with van der Waals surface area (Å²) in [6.45, 7) is 0.700. The minimum absolute atomic E-state index is 0.0364. The van der Waals surface area contributed by atoms with Crippen molar-refractivity contribution in [3.63, 3.8) is 0 Å². The SMILES string of the molecule is O=C(c1ccc2c(c1)Cc1ccccc1-2)N(CCO)CCCO. The van der Waals surface area contributed by atoms with Crippen molar-refractivity contribution in [2.45, 2.75) is 12.8 Å². The molecule has 0 bridgehead atoms. The van der Waals surface area contributed by atoms with Gasteiger partial charge >= 0.3 is 0 Å². The summed E-state index contributed by atoms with van der Waals surface area (Å²) in [6, 6.07) is 14.1. The van der Waals surface area contributed by atoms with Gasteiger partial charge in [0.05, 0.1) is 6.61 Å². The first-order chi connectivity index (χ1) is 11.2. The van der Waals surface area contributed by atoms with Crippen LogP contribution in [0.15, 0.2) is 42.5 Å². The monoisotopic (exact) mass is 311 g/mol. The van der Waals surface area contributed by atoms with Crippen LogP contribution in [0, 0.1) is 0 Å². The Morgan fingerprint density at radius 1 is 0.957 bits per heavy atom. The number of hydrogen-bond acceptors (Lipinski definition) is 3. The van der Waals surface area contributed by atoms with Crippen LogP contribution in [0.25, 0.3) is 11.1 Å². The first-order valence-electron chi connectivity index (χ1n) is 7.97. The van der Waals surface area contributed by atoms with Crippen LogP contribution in [0.1, 0.15) is 27.9 Å². The van der Waals surface area contributed by atoms with E-state index < -0.39 is 0 Å². The molecule has 0 unspecified atom stereocenters. The average Bonchev–Trinajstić information content (AvgIpc) is 2.95. The number of aliphatic hydroxyl groups excluding tert-OH is 2. The maximum atomic E-state index is 12.6. The van der Waals surface area contributed by atoms with E-state index in [1.807, 2.05) is 30.3 Å². The third-order valence-electron chi connectivity index (χ3n) is 4.28. The summed E-state index contributed by atoms with van der Waals surface area (Å²) in [5, 5.41) is 18.1. The molecule has 1 aliphatic carbocycles. The van der Waals surface area contributed by atoms with Crippen LogP contribution in [0.3, 0.4) is 0 Å². The minimum atomic E-state index is -0.0914. The summed E-state index contributed by atoms with van der Waals surface area (Å²) in [6.07, 6.45) is 1.37. The number of aliphatic hydroxyl groups is 2. The molecule has 4 heteroatoms. The maximum Gasteiger partial charge on any atom is 0.253 e. The quantitative estimate of drug-likeness (QED) is 0.733. The van der Waals surface area contributed by atoms with Gasteiger partial charge in [0.15, 0.2) is 0 Å². The summed E-state index contributed by atoms with van der Waals surface area (Å²) in [4.78, 5) is 14.2. The van der Waals surface area contributed by atoms with Crippen LogP contribution < -0.4 is 0 Å². The van der Waals surface area contributed by atoms with E-state index in [0.717, 1.165) is 6.42 Å². The van der Waals surface area contributed by atoms with E-state index >= 15 is 0 Å². The third-order valence-corrected chi connectivity index (χ3v) is 4.28. The molecule has 0 radical (unpaired) electrons. The predicted molar refractivity (Wildman–Crippen MR) is 89.4 cm³/mol. The number of hydrogen-bond donors (Lipinski definition) is 2. The summed E-state index contributed by atoms with van der Waals surface area (Å²) < 4.78 is 0. The minimum Gasteiger partial charge on any atom is -0.396 e. The van der Waals surface area contributed by atoms with Gasteiger partial charge < -0.3 is 15.1 Å². The molecule has 2 N–H and O–H groups in total. The van der Waals surface area contributed by atoms with E-state index in [1.54, 1.807) is 4.90 Å². The highest BCUT2D eigenvalue weighted by molar-refractivity contribution is 5.95. The second-order valence-corrected chi connectivity index (χ2v) is 5.80. The van der Waals surface area contributed by atoms with Gasteiger partial charge in [-0.3, -0.25) is 4.79 Å². The average molecular weight is 311 g/mol. The molecule has 0 atom stereocenters. The van der Waals surface area contributed by atoms with Gasteiger partial charge in [0.2, 0.25) is 0 Å². The van der Waals surface area contributed by atoms with E-state index in [1.165, 1.54) is 22.3 Å². The van der Waals surface area contributed by atoms with Gasteiger partial charge in [-0.1, -0.05) is 30.3 Å². The lowest BCUT2D eigenvalue weighted by atomic mass is 10.0. The molecule has 0 aliphatic heterocycles. The van der Waals surface area contributed by atoms with E-state index in [0.29, 0.717) is 18.5 Å². The van der Waals surface area contributed by atoms with Gasteiger partial charge in [-0.05, 0) is 47.2 Å². The smallest absolute Gasteiger partial charge is 0.253 e. The highest BCUT2D eigenvalue weighted by Gasteiger charge is 2.21. The molecule has 0 aromatic heterocycles. The molecular formula is C19H21NO3. The van der Waals surface area contributed by atoms with Crippen LogP contribution >= 0.6 is 0 Å². The molecule has 0 saturated heterocycles. The van der Waals surface area contributed by atoms with Crippen LogP contribution in [-0.2, 0) is 6.42 Å². The number of rotatable bonds is 6. The first kappa shape index (κ1) is 15.7. The van der Waals surface area contributed by atoms with Gasteiger partial charge in [-0.25, -0.2) is 0 Å². The Bertz CT molecular complexity index is 712. The molecule has 0 spiro atoms. The fraction of sp³-hybridized carbons (Fsp3) is 0.316. The molecule has 3 rings (SSSR count). The summed E-state index contributed by atoms with van der Waals surface area (Å²) >= 11 is 0. The Kier molecular flexibility index (Phi) is 4.74. The molecule has 4 nitrogen and oxygen atoms in total. The van der Waals surface area contributed by atoms with Crippen molar-refractivity contribution in [3.05, 3.63) is 59.2 Å². The van der Waals surface area contributed by atoms with Gasteiger partial charge in [0, 0.05) is 25.3 Å². The van der Waals surface area contributed by atoms with Gasteiger partial charge in [0.25, 0.3) is 5.91 Å². The van der Waals surface area contributed by atoms with Crippen LogP contribution in [0.4, 0.5) is 0 Å². The van der Waals surface area contributed by atoms with Crippen molar-refractivity contribution in [3.8, 4) is 11.1 Å². The van der Waals surface area contributed by atoms with E-state index in [9.17, 15) is 4.79 Å².